The zero-order valence-corrected chi connectivity index (χ0v) is 11.8. The number of nitrogens with zero attached hydrogens (tertiary/aromatic N) is 1. The zero-order chi connectivity index (χ0) is 15.3. The number of hydrogen-bond donors (Lipinski definition) is 2. The summed E-state index contributed by atoms with van der Waals surface area (Å²) in [5.41, 5.74) is -0.819. The molecule has 0 saturated carbocycles. The minimum Gasteiger partial charge on any atom is -0.364 e. The van der Waals surface area contributed by atoms with E-state index in [1.54, 1.807) is 13.8 Å². The highest BCUT2D eigenvalue weighted by Crippen LogP contribution is 2.18. The Kier molecular flexibility index (Phi) is 5.28. The number of carbonyl (C=O) groups excluding carboxylic acids is 1. The van der Waals surface area contributed by atoms with Crippen LogP contribution < -0.4 is 10.6 Å². The Bertz CT molecular complexity index is 541. The third-order valence-electron chi connectivity index (χ3n) is 2.31. The van der Waals surface area contributed by atoms with Crippen molar-refractivity contribution in [2.75, 3.05) is 11.9 Å². The van der Waals surface area contributed by atoms with E-state index in [1.807, 2.05) is 0 Å². The molecule has 1 amide bonds. The van der Waals surface area contributed by atoms with Gasteiger partial charge in [-0.1, -0.05) is 17.5 Å². The molecule has 4 nitrogen and oxygen atoms in total. The minimum absolute atomic E-state index is 0.0278. The van der Waals surface area contributed by atoms with Gasteiger partial charge in [-0.3, -0.25) is 4.79 Å². The first kappa shape index (κ1) is 16.2. The van der Waals surface area contributed by atoms with Gasteiger partial charge < -0.3 is 10.6 Å². The van der Waals surface area contributed by atoms with Crippen LogP contribution in [-0.4, -0.2) is 29.4 Å². The van der Waals surface area contributed by atoms with Crippen molar-refractivity contribution in [3.8, 4) is 12.3 Å². The maximum Gasteiger partial charge on any atom is 0.256 e. The molecule has 0 bridgehead atoms. The van der Waals surface area contributed by atoms with Crippen molar-refractivity contribution in [1.82, 2.24) is 10.3 Å². The summed E-state index contributed by atoms with van der Waals surface area (Å²) in [6.45, 7) is 2.65. The first-order valence-corrected chi connectivity index (χ1v) is 6.11. The smallest absolute Gasteiger partial charge is 0.256 e. The standard InChI is InChI=1S/C13H14ClF2N3O/c1-4-13(2,3)19-12(20)9-5-8(14)6-17-11(9)18-7-10(15)16/h1,5-6,10H,7H2,2-3H3,(H,17,18)(H,19,20). The van der Waals surface area contributed by atoms with Crippen LogP contribution in [0.5, 0.6) is 0 Å². The van der Waals surface area contributed by atoms with E-state index in [9.17, 15) is 13.6 Å². The van der Waals surface area contributed by atoms with Crippen molar-refractivity contribution < 1.29 is 13.6 Å². The van der Waals surface area contributed by atoms with Crippen molar-refractivity contribution in [3.05, 3.63) is 22.8 Å². The van der Waals surface area contributed by atoms with Gasteiger partial charge in [-0.15, -0.1) is 6.42 Å². The van der Waals surface area contributed by atoms with Gasteiger partial charge >= 0.3 is 0 Å². The fourth-order valence-electron chi connectivity index (χ4n) is 1.31. The average molecular weight is 302 g/mol. The molecule has 0 aliphatic carbocycles. The number of rotatable bonds is 5. The molecule has 0 aromatic carbocycles. The lowest BCUT2D eigenvalue weighted by molar-refractivity contribution is 0.0930. The number of nitrogens with one attached hydrogen (secondary N) is 2. The number of amides is 1. The fourth-order valence-corrected chi connectivity index (χ4v) is 1.47. The Morgan fingerprint density at radius 2 is 2.25 bits per heavy atom. The Hall–Kier alpha value is -1.87. The van der Waals surface area contributed by atoms with Crippen LogP contribution in [0, 0.1) is 12.3 Å². The molecule has 108 valence electrons. The molecule has 1 heterocycles. The normalized spacial score (nSPS) is 11.1. The van der Waals surface area contributed by atoms with E-state index >= 15 is 0 Å². The van der Waals surface area contributed by atoms with E-state index in [2.05, 4.69) is 21.5 Å². The summed E-state index contributed by atoms with van der Waals surface area (Å²) in [5, 5.41) is 5.19. The second-order valence-corrected chi connectivity index (χ2v) is 4.98. The van der Waals surface area contributed by atoms with Crippen LogP contribution in [0.15, 0.2) is 12.3 Å². The Morgan fingerprint density at radius 3 is 2.80 bits per heavy atom. The number of aromatic nitrogens is 1. The van der Waals surface area contributed by atoms with Crippen LogP contribution in [0.1, 0.15) is 24.2 Å². The number of terminal acetylenes is 1. The Balaban J connectivity index is 3.00. The van der Waals surface area contributed by atoms with Crippen LogP contribution in [0.4, 0.5) is 14.6 Å². The number of anilines is 1. The summed E-state index contributed by atoms with van der Waals surface area (Å²) in [6.07, 6.45) is 3.98. The lowest BCUT2D eigenvalue weighted by Gasteiger charge is -2.20. The lowest BCUT2D eigenvalue weighted by atomic mass is 10.1. The summed E-state index contributed by atoms with van der Waals surface area (Å²) in [5.74, 6) is 1.89. The molecule has 0 radical (unpaired) electrons. The van der Waals surface area contributed by atoms with E-state index in [0.29, 0.717) is 0 Å². The van der Waals surface area contributed by atoms with Crippen LogP contribution in [0.3, 0.4) is 0 Å². The van der Waals surface area contributed by atoms with Crippen LogP contribution in [0.25, 0.3) is 0 Å². The molecule has 0 atom stereocenters. The van der Waals surface area contributed by atoms with Gasteiger partial charge in [0.15, 0.2) is 0 Å². The predicted octanol–water partition coefficient (Wildman–Crippen LogP) is 2.55. The van der Waals surface area contributed by atoms with Gasteiger partial charge in [0.05, 0.1) is 22.7 Å². The van der Waals surface area contributed by atoms with Gasteiger partial charge in [0.1, 0.15) is 5.82 Å². The molecule has 0 aliphatic heterocycles. The van der Waals surface area contributed by atoms with Crippen molar-refractivity contribution in [1.29, 1.82) is 0 Å². The van der Waals surface area contributed by atoms with Crippen molar-refractivity contribution in [3.63, 3.8) is 0 Å². The molecule has 1 rings (SSSR count). The topological polar surface area (TPSA) is 54.0 Å². The second-order valence-electron chi connectivity index (χ2n) is 4.55. The van der Waals surface area contributed by atoms with Gasteiger partial charge in [0.2, 0.25) is 0 Å². The highest BCUT2D eigenvalue weighted by atomic mass is 35.5. The zero-order valence-electron chi connectivity index (χ0n) is 11.0. The molecule has 1 aromatic rings. The van der Waals surface area contributed by atoms with Crippen LogP contribution in [-0.2, 0) is 0 Å². The summed E-state index contributed by atoms with van der Waals surface area (Å²) in [6, 6.07) is 1.34. The number of pyridine rings is 1. The minimum atomic E-state index is -2.56. The van der Waals surface area contributed by atoms with E-state index < -0.39 is 24.4 Å². The molecule has 0 aliphatic rings. The van der Waals surface area contributed by atoms with Crippen molar-refractivity contribution >= 4 is 23.3 Å². The molecular formula is C13H14ClF2N3O. The fraction of sp³-hybridized carbons (Fsp3) is 0.385. The first-order valence-electron chi connectivity index (χ1n) is 5.73. The van der Waals surface area contributed by atoms with E-state index in [1.165, 1.54) is 12.3 Å². The Labute approximate surface area is 120 Å². The molecule has 0 spiro atoms. The second kappa shape index (κ2) is 6.53. The van der Waals surface area contributed by atoms with Gasteiger partial charge in [-0.2, -0.15) is 0 Å². The van der Waals surface area contributed by atoms with Gasteiger partial charge in [0.25, 0.3) is 12.3 Å². The lowest BCUT2D eigenvalue weighted by Crippen LogP contribution is -2.42. The third kappa shape index (κ3) is 4.67. The largest absolute Gasteiger partial charge is 0.364 e. The monoisotopic (exact) mass is 301 g/mol. The maximum atomic E-state index is 12.2. The third-order valence-corrected chi connectivity index (χ3v) is 2.52. The molecule has 0 saturated heterocycles. The molecule has 0 fully saturated rings. The summed E-state index contributed by atoms with van der Waals surface area (Å²) < 4.78 is 24.4. The summed E-state index contributed by atoms with van der Waals surface area (Å²) in [7, 11) is 0. The molecule has 7 heteroatoms. The highest BCUT2D eigenvalue weighted by molar-refractivity contribution is 6.31. The Morgan fingerprint density at radius 1 is 1.60 bits per heavy atom. The summed E-state index contributed by atoms with van der Waals surface area (Å²) in [4.78, 5) is 15.9. The number of halogens is 3. The quantitative estimate of drug-likeness (QED) is 0.822. The molecule has 2 N–H and O–H groups in total. The SMILES string of the molecule is C#CC(C)(C)NC(=O)c1cc(Cl)cnc1NCC(F)F. The van der Waals surface area contributed by atoms with E-state index in [-0.39, 0.29) is 16.4 Å². The highest BCUT2D eigenvalue weighted by Gasteiger charge is 2.21. The number of alkyl halides is 2. The number of hydrogen-bond acceptors (Lipinski definition) is 3. The number of carbonyl (C=O) groups is 1. The van der Waals surface area contributed by atoms with Gasteiger partial charge in [0, 0.05) is 6.20 Å². The van der Waals surface area contributed by atoms with Gasteiger partial charge in [-0.25, -0.2) is 13.8 Å². The molecule has 20 heavy (non-hydrogen) atoms. The molecular weight excluding hydrogens is 288 g/mol. The summed E-state index contributed by atoms with van der Waals surface area (Å²) >= 11 is 5.77. The van der Waals surface area contributed by atoms with E-state index in [4.69, 9.17) is 18.0 Å². The van der Waals surface area contributed by atoms with Crippen LogP contribution in [0.2, 0.25) is 5.02 Å². The van der Waals surface area contributed by atoms with Gasteiger partial charge in [-0.05, 0) is 19.9 Å². The molecule has 0 unspecified atom stereocenters. The van der Waals surface area contributed by atoms with E-state index in [0.717, 1.165) is 0 Å². The van der Waals surface area contributed by atoms with Crippen molar-refractivity contribution in [2.45, 2.75) is 25.8 Å². The molecule has 1 aromatic heterocycles. The van der Waals surface area contributed by atoms with Crippen molar-refractivity contribution in [2.24, 2.45) is 0 Å². The average Bonchev–Trinajstić information content (AvgIpc) is 2.36. The predicted molar refractivity (Wildman–Crippen MR) is 74.1 cm³/mol. The van der Waals surface area contributed by atoms with Crippen LogP contribution >= 0.6 is 11.6 Å². The maximum absolute atomic E-state index is 12.2. The first-order chi connectivity index (χ1) is 9.25.